The SMILES string of the molecule is OCC(COc1ccccc1C(F)(F)F)C1CCOC1. The third-order valence-electron chi connectivity index (χ3n) is 3.51. The van der Waals surface area contributed by atoms with Crippen LogP contribution in [-0.4, -0.2) is 31.5 Å². The van der Waals surface area contributed by atoms with E-state index < -0.39 is 11.7 Å². The lowest BCUT2D eigenvalue weighted by Gasteiger charge is -2.21. The fourth-order valence-corrected chi connectivity index (χ4v) is 2.29. The molecule has 2 atom stereocenters. The van der Waals surface area contributed by atoms with E-state index in [4.69, 9.17) is 9.47 Å². The third-order valence-corrected chi connectivity index (χ3v) is 3.51. The van der Waals surface area contributed by atoms with E-state index in [9.17, 15) is 18.3 Å². The first kappa shape index (κ1) is 15.1. The summed E-state index contributed by atoms with van der Waals surface area (Å²) in [6, 6.07) is 5.10. The summed E-state index contributed by atoms with van der Waals surface area (Å²) < 4.78 is 48.9. The minimum atomic E-state index is -4.44. The second-order valence-corrected chi connectivity index (χ2v) is 4.87. The van der Waals surface area contributed by atoms with Gasteiger partial charge in [0.1, 0.15) is 5.75 Å². The lowest BCUT2D eigenvalue weighted by molar-refractivity contribution is -0.139. The molecule has 20 heavy (non-hydrogen) atoms. The van der Waals surface area contributed by atoms with Crippen molar-refractivity contribution in [1.29, 1.82) is 0 Å². The smallest absolute Gasteiger partial charge is 0.419 e. The molecule has 0 spiro atoms. The minimum Gasteiger partial charge on any atom is -0.493 e. The van der Waals surface area contributed by atoms with Crippen molar-refractivity contribution in [2.45, 2.75) is 12.6 Å². The van der Waals surface area contributed by atoms with Crippen molar-refractivity contribution >= 4 is 0 Å². The molecule has 0 aliphatic carbocycles. The summed E-state index contributed by atoms with van der Waals surface area (Å²) >= 11 is 0. The summed E-state index contributed by atoms with van der Waals surface area (Å²) in [6.45, 7) is 1.08. The number of alkyl halides is 3. The molecule has 3 nitrogen and oxygen atoms in total. The summed E-state index contributed by atoms with van der Waals surface area (Å²) in [5.74, 6) is -0.269. The van der Waals surface area contributed by atoms with Gasteiger partial charge in [0.05, 0.1) is 12.2 Å². The van der Waals surface area contributed by atoms with Crippen molar-refractivity contribution in [2.24, 2.45) is 11.8 Å². The Labute approximate surface area is 115 Å². The van der Waals surface area contributed by atoms with Crippen LogP contribution in [0.2, 0.25) is 0 Å². The van der Waals surface area contributed by atoms with Crippen LogP contribution in [0.3, 0.4) is 0 Å². The van der Waals surface area contributed by atoms with E-state index in [1.54, 1.807) is 0 Å². The van der Waals surface area contributed by atoms with Gasteiger partial charge in [-0.25, -0.2) is 0 Å². The van der Waals surface area contributed by atoms with Crippen LogP contribution in [0.1, 0.15) is 12.0 Å². The van der Waals surface area contributed by atoms with E-state index >= 15 is 0 Å². The summed E-state index contributed by atoms with van der Waals surface area (Å²) in [7, 11) is 0. The van der Waals surface area contributed by atoms with Crippen LogP contribution in [0.4, 0.5) is 13.2 Å². The van der Waals surface area contributed by atoms with Gasteiger partial charge in [0, 0.05) is 25.7 Å². The number of halogens is 3. The number of hydrogen-bond donors (Lipinski definition) is 1. The molecule has 1 aliphatic heterocycles. The maximum Gasteiger partial charge on any atom is 0.419 e. The maximum absolute atomic E-state index is 12.8. The second kappa shape index (κ2) is 6.45. The molecule has 6 heteroatoms. The molecule has 1 aromatic rings. The van der Waals surface area contributed by atoms with Crippen molar-refractivity contribution in [1.82, 2.24) is 0 Å². The quantitative estimate of drug-likeness (QED) is 0.906. The van der Waals surface area contributed by atoms with Gasteiger partial charge in [0.25, 0.3) is 0 Å². The summed E-state index contributed by atoms with van der Waals surface area (Å²) in [5.41, 5.74) is -0.792. The van der Waals surface area contributed by atoms with Gasteiger partial charge in [-0.1, -0.05) is 12.1 Å². The fourth-order valence-electron chi connectivity index (χ4n) is 2.29. The van der Waals surface area contributed by atoms with E-state index in [1.165, 1.54) is 18.2 Å². The normalized spacial score (nSPS) is 20.9. The Morgan fingerprint density at radius 2 is 2.10 bits per heavy atom. The number of aliphatic hydroxyl groups is 1. The zero-order chi connectivity index (χ0) is 14.6. The van der Waals surface area contributed by atoms with E-state index in [0.29, 0.717) is 13.2 Å². The predicted molar refractivity (Wildman–Crippen MR) is 66.4 cm³/mol. The third kappa shape index (κ3) is 3.64. The Hall–Kier alpha value is -1.27. The highest BCUT2D eigenvalue weighted by Crippen LogP contribution is 2.36. The first-order chi connectivity index (χ1) is 9.52. The molecule has 2 unspecified atom stereocenters. The Morgan fingerprint density at radius 3 is 2.70 bits per heavy atom. The highest BCUT2D eigenvalue weighted by molar-refractivity contribution is 5.35. The zero-order valence-corrected chi connectivity index (χ0v) is 10.9. The van der Waals surface area contributed by atoms with Crippen LogP contribution in [0.5, 0.6) is 5.75 Å². The number of aliphatic hydroxyl groups excluding tert-OH is 1. The Kier molecular flexibility index (Phi) is 4.88. The highest BCUT2D eigenvalue weighted by Gasteiger charge is 2.34. The molecular weight excluding hydrogens is 273 g/mol. The van der Waals surface area contributed by atoms with Crippen LogP contribution < -0.4 is 4.74 Å². The topological polar surface area (TPSA) is 38.7 Å². The lowest BCUT2D eigenvalue weighted by atomic mass is 9.93. The van der Waals surface area contributed by atoms with Crippen LogP contribution in [0, 0.1) is 11.8 Å². The van der Waals surface area contributed by atoms with Crippen LogP contribution in [-0.2, 0) is 10.9 Å². The Morgan fingerprint density at radius 1 is 1.35 bits per heavy atom. The number of rotatable bonds is 5. The molecule has 0 amide bonds. The molecule has 1 N–H and O–H groups in total. The van der Waals surface area contributed by atoms with Gasteiger partial charge in [-0.2, -0.15) is 13.2 Å². The molecule has 0 bridgehead atoms. The largest absolute Gasteiger partial charge is 0.493 e. The van der Waals surface area contributed by atoms with E-state index in [1.807, 2.05) is 0 Å². The molecule has 0 radical (unpaired) electrons. The van der Waals surface area contributed by atoms with Gasteiger partial charge in [-0.05, 0) is 24.5 Å². The van der Waals surface area contributed by atoms with Gasteiger partial charge in [-0.3, -0.25) is 0 Å². The van der Waals surface area contributed by atoms with E-state index in [-0.39, 0.29) is 30.8 Å². The van der Waals surface area contributed by atoms with E-state index in [0.717, 1.165) is 12.5 Å². The lowest BCUT2D eigenvalue weighted by Crippen LogP contribution is -2.26. The summed E-state index contributed by atoms with van der Waals surface area (Å²) in [6.07, 6.45) is -3.64. The first-order valence-electron chi connectivity index (χ1n) is 6.50. The fraction of sp³-hybridized carbons (Fsp3) is 0.571. The molecular formula is C14H17F3O3. The van der Waals surface area contributed by atoms with Gasteiger partial charge in [-0.15, -0.1) is 0 Å². The highest BCUT2D eigenvalue weighted by atomic mass is 19.4. The predicted octanol–water partition coefficient (Wildman–Crippen LogP) is 2.73. The number of hydrogen-bond acceptors (Lipinski definition) is 3. The van der Waals surface area contributed by atoms with Crippen molar-refractivity contribution < 1.29 is 27.8 Å². The monoisotopic (exact) mass is 290 g/mol. The van der Waals surface area contributed by atoms with Gasteiger partial charge < -0.3 is 14.6 Å². The van der Waals surface area contributed by atoms with Crippen molar-refractivity contribution in [3.63, 3.8) is 0 Å². The van der Waals surface area contributed by atoms with Crippen LogP contribution in [0.15, 0.2) is 24.3 Å². The van der Waals surface area contributed by atoms with Crippen LogP contribution in [0.25, 0.3) is 0 Å². The van der Waals surface area contributed by atoms with E-state index in [2.05, 4.69) is 0 Å². The molecule has 1 heterocycles. The molecule has 0 saturated carbocycles. The molecule has 1 saturated heterocycles. The molecule has 0 aromatic heterocycles. The second-order valence-electron chi connectivity index (χ2n) is 4.87. The Bertz CT molecular complexity index is 428. The van der Waals surface area contributed by atoms with Crippen molar-refractivity contribution in [3.8, 4) is 5.75 Å². The molecule has 1 fully saturated rings. The number of ether oxygens (including phenoxy) is 2. The Balaban J connectivity index is 2.02. The van der Waals surface area contributed by atoms with Crippen molar-refractivity contribution in [3.05, 3.63) is 29.8 Å². The van der Waals surface area contributed by atoms with Gasteiger partial charge in [0.15, 0.2) is 0 Å². The molecule has 2 rings (SSSR count). The number of para-hydroxylation sites is 1. The average molecular weight is 290 g/mol. The standard InChI is InChI=1S/C14H17F3O3/c15-14(16,17)12-3-1-2-4-13(12)20-9-11(7-18)10-5-6-19-8-10/h1-4,10-11,18H,5-9H2. The number of benzene rings is 1. The minimum absolute atomic E-state index is 0.0532. The maximum atomic E-state index is 12.8. The molecule has 1 aromatic carbocycles. The molecule has 1 aliphatic rings. The van der Waals surface area contributed by atoms with Gasteiger partial charge in [0.2, 0.25) is 0 Å². The van der Waals surface area contributed by atoms with Crippen LogP contribution >= 0.6 is 0 Å². The summed E-state index contributed by atoms with van der Waals surface area (Å²) in [4.78, 5) is 0. The van der Waals surface area contributed by atoms with Crippen molar-refractivity contribution in [2.75, 3.05) is 26.4 Å². The molecule has 112 valence electrons. The average Bonchev–Trinajstić information content (AvgIpc) is 2.93. The zero-order valence-electron chi connectivity index (χ0n) is 10.9. The first-order valence-corrected chi connectivity index (χ1v) is 6.50. The summed E-state index contributed by atoms with van der Waals surface area (Å²) in [5, 5.41) is 9.34. The van der Waals surface area contributed by atoms with Gasteiger partial charge >= 0.3 is 6.18 Å².